The van der Waals surface area contributed by atoms with Crippen LogP contribution in [0.1, 0.15) is 35.8 Å². The fourth-order valence-corrected chi connectivity index (χ4v) is 2.36. The summed E-state index contributed by atoms with van der Waals surface area (Å²) in [6, 6.07) is 9.19. The van der Waals surface area contributed by atoms with Crippen molar-refractivity contribution in [2.45, 2.75) is 19.8 Å². The van der Waals surface area contributed by atoms with E-state index >= 15 is 0 Å². The van der Waals surface area contributed by atoms with Gasteiger partial charge in [-0.15, -0.1) is 11.3 Å². The van der Waals surface area contributed by atoms with E-state index in [-0.39, 0.29) is 5.91 Å². The van der Waals surface area contributed by atoms with Crippen LogP contribution in [0.2, 0.25) is 0 Å². The SMILES string of the molecule is CC(C)c1ncsc1NC(=O)c1ccccc1. The second kappa shape index (κ2) is 5.10. The number of aromatic nitrogens is 1. The number of amides is 1. The highest BCUT2D eigenvalue weighted by Gasteiger charge is 2.13. The molecule has 1 aromatic carbocycles. The van der Waals surface area contributed by atoms with Crippen LogP contribution in [-0.2, 0) is 0 Å². The first-order chi connectivity index (χ1) is 8.18. The van der Waals surface area contributed by atoms with Crippen LogP contribution in [0.5, 0.6) is 0 Å². The first-order valence-electron chi connectivity index (χ1n) is 5.48. The van der Waals surface area contributed by atoms with Crippen LogP contribution in [0.4, 0.5) is 5.00 Å². The van der Waals surface area contributed by atoms with E-state index in [1.54, 1.807) is 17.6 Å². The lowest BCUT2D eigenvalue weighted by molar-refractivity contribution is 0.102. The average molecular weight is 246 g/mol. The fraction of sp³-hybridized carbons (Fsp3) is 0.231. The molecule has 3 nitrogen and oxygen atoms in total. The third-order valence-electron chi connectivity index (χ3n) is 2.40. The maximum atomic E-state index is 12.0. The molecule has 2 aromatic rings. The molecule has 4 heteroatoms. The zero-order chi connectivity index (χ0) is 12.3. The molecule has 1 N–H and O–H groups in total. The number of thiazole rings is 1. The van der Waals surface area contributed by atoms with Crippen LogP contribution in [0, 0.1) is 0 Å². The first-order valence-corrected chi connectivity index (χ1v) is 6.36. The van der Waals surface area contributed by atoms with Gasteiger partial charge >= 0.3 is 0 Å². The van der Waals surface area contributed by atoms with Gasteiger partial charge in [-0.1, -0.05) is 32.0 Å². The minimum absolute atomic E-state index is 0.0863. The van der Waals surface area contributed by atoms with E-state index in [1.807, 2.05) is 18.2 Å². The van der Waals surface area contributed by atoms with E-state index in [9.17, 15) is 4.79 Å². The number of nitrogens with one attached hydrogen (secondary N) is 1. The number of anilines is 1. The number of carbonyl (C=O) groups is 1. The molecule has 0 unspecified atom stereocenters. The van der Waals surface area contributed by atoms with Gasteiger partial charge in [-0.25, -0.2) is 4.98 Å². The summed E-state index contributed by atoms with van der Waals surface area (Å²) in [6.07, 6.45) is 0. The molecule has 0 saturated heterocycles. The maximum Gasteiger partial charge on any atom is 0.256 e. The van der Waals surface area contributed by atoms with Crippen molar-refractivity contribution in [1.29, 1.82) is 0 Å². The number of hydrogen-bond donors (Lipinski definition) is 1. The first kappa shape index (κ1) is 11.8. The van der Waals surface area contributed by atoms with E-state index < -0.39 is 0 Å². The van der Waals surface area contributed by atoms with E-state index in [0.29, 0.717) is 11.5 Å². The Labute approximate surface area is 105 Å². The predicted octanol–water partition coefficient (Wildman–Crippen LogP) is 3.52. The lowest BCUT2D eigenvalue weighted by Crippen LogP contribution is -2.12. The predicted molar refractivity (Wildman–Crippen MR) is 70.6 cm³/mol. The van der Waals surface area contributed by atoms with Crippen molar-refractivity contribution in [3.63, 3.8) is 0 Å². The molecule has 0 saturated carbocycles. The minimum Gasteiger partial charge on any atom is -0.312 e. The number of nitrogens with zero attached hydrogens (tertiary/aromatic N) is 1. The number of benzene rings is 1. The van der Waals surface area contributed by atoms with Crippen molar-refractivity contribution >= 4 is 22.2 Å². The summed E-state index contributed by atoms with van der Waals surface area (Å²) < 4.78 is 0. The molecule has 0 spiro atoms. The molecule has 0 aliphatic rings. The highest BCUT2D eigenvalue weighted by Crippen LogP contribution is 2.27. The molecule has 1 aromatic heterocycles. The summed E-state index contributed by atoms with van der Waals surface area (Å²) in [4.78, 5) is 16.2. The largest absolute Gasteiger partial charge is 0.312 e. The normalized spacial score (nSPS) is 10.5. The van der Waals surface area contributed by atoms with Crippen LogP contribution < -0.4 is 5.32 Å². The van der Waals surface area contributed by atoms with Crippen molar-refractivity contribution in [3.05, 3.63) is 47.1 Å². The summed E-state index contributed by atoms with van der Waals surface area (Å²) >= 11 is 1.46. The quantitative estimate of drug-likeness (QED) is 0.900. The van der Waals surface area contributed by atoms with E-state index in [1.165, 1.54) is 11.3 Å². The maximum absolute atomic E-state index is 12.0. The van der Waals surface area contributed by atoms with Crippen LogP contribution in [-0.4, -0.2) is 10.9 Å². The fourth-order valence-electron chi connectivity index (χ4n) is 1.52. The smallest absolute Gasteiger partial charge is 0.256 e. The molecule has 88 valence electrons. The Bertz CT molecular complexity index is 505. The Morgan fingerprint density at radius 3 is 2.65 bits per heavy atom. The molecule has 1 heterocycles. The zero-order valence-electron chi connectivity index (χ0n) is 9.81. The standard InChI is InChI=1S/C13H14N2OS/c1-9(2)11-13(17-8-14-11)15-12(16)10-6-4-3-5-7-10/h3-9H,1-2H3,(H,15,16). The Morgan fingerprint density at radius 1 is 1.29 bits per heavy atom. The van der Waals surface area contributed by atoms with Crippen molar-refractivity contribution in [3.8, 4) is 0 Å². The lowest BCUT2D eigenvalue weighted by atomic mass is 10.1. The highest BCUT2D eigenvalue weighted by molar-refractivity contribution is 7.14. The van der Waals surface area contributed by atoms with Gasteiger partial charge in [0.2, 0.25) is 0 Å². The highest BCUT2D eigenvalue weighted by atomic mass is 32.1. The van der Waals surface area contributed by atoms with Crippen LogP contribution >= 0.6 is 11.3 Å². The van der Waals surface area contributed by atoms with Gasteiger partial charge in [0.25, 0.3) is 5.91 Å². The average Bonchev–Trinajstić information content (AvgIpc) is 2.78. The topological polar surface area (TPSA) is 42.0 Å². The Balaban J connectivity index is 2.16. The molecular weight excluding hydrogens is 232 g/mol. The Hall–Kier alpha value is -1.68. The molecule has 2 rings (SSSR count). The summed E-state index contributed by atoms with van der Waals surface area (Å²) in [5, 5.41) is 3.75. The van der Waals surface area contributed by atoms with Gasteiger partial charge in [-0.2, -0.15) is 0 Å². The second-order valence-corrected chi connectivity index (χ2v) is 4.90. The third-order valence-corrected chi connectivity index (χ3v) is 3.16. The van der Waals surface area contributed by atoms with E-state index in [4.69, 9.17) is 0 Å². The Morgan fingerprint density at radius 2 is 2.00 bits per heavy atom. The van der Waals surface area contributed by atoms with Crippen molar-refractivity contribution in [1.82, 2.24) is 4.98 Å². The molecule has 0 bridgehead atoms. The molecule has 0 fully saturated rings. The summed E-state index contributed by atoms with van der Waals surface area (Å²) in [6.45, 7) is 4.13. The number of carbonyl (C=O) groups excluding carboxylic acids is 1. The van der Waals surface area contributed by atoms with Gasteiger partial charge in [0.1, 0.15) is 5.00 Å². The molecule has 1 amide bonds. The molecular formula is C13H14N2OS. The van der Waals surface area contributed by atoms with Gasteiger partial charge in [0, 0.05) is 5.56 Å². The summed E-state index contributed by atoms with van der Waals surface area (Å²) in [5.74, 6) is 0.226. The second-order valence-electron chi connectivity index (χ2n) is 4.04. The van der Waals surface area contributed by atoms with Gasteiger partial charge in [0.05, 0.1) is 11.2 Å². The molecule has 0 aliphatic heterocycles. The lowest BCUT2D eigenvalue weighted by Gasteiger charge is -2.07. The molecule has 0 radical (unpaired) electrons. The van der Waals surface area contributed by atoms with E-state index in [0.717, 1.165) is 10.7 Å². The van der Waals surface area contributed by atoms with Crippen LogP contribution in [0.25, 0.3) is 0 Å². The third kappa shape index (κ3) is 2.71. The molecule has 0 aliphatic carbocycles. The summed E-state index contributed by atoms with van der Waals surface area (Å²) in [5.41, 5.74) is 3.37. The number of hydrogen-bond acceptors (Lipinski definition) is 3. The van der Waals surface area contributed by atoms with Gasteiger partial charge < -0.3 is 5.32 Å². The number of rotatable bonds is 3. The van der Waals surface area contributed by atoms with Crippen LogP contribution in [0.15, 0.2) is 35.8 Å². The Kier molecular flexibility index (Phi) is 3.54. The van der Waals surface area contributed by atoms with Crippen LogP contribution in [0.3, 0.4) is 0 Å². The minimum atomic E-state index is -0.0863. The molecule has 0 atom stereocenters. The summed E-state index contributed by atoms with van der Waals surface area (Å²) in [7, 11) is 0. The van der Waals surface area contributed by atoms with Gasteiger partial charge in [-0.05, 0) is 18.1 Å². The van der Waals surface area contributed by atoms with Gasteiger partial charge in [-0.3, -0.25) is 4.79 Å². The molecule has 17 heavy (non-hydrogen) atoms. The van der Waals surface area contributed by atoms with E-state index in [2.05, 4.69) is 24.1 Å². The van der Waals surface area contributed by atoms with Gasteiger partial charge in [0.15, 0.2) is 0 Å². The van der Waals surface area contributed by atoms with Crippen molar-refractivity contribution in [2.75, 3.05) is 5.32 Å². The monoisotopic (exact) mass is 246 g/mol. The van der Waals surface area contributed by atoms with Crippen molar-refractivity contribution < 1.29 is 4.79 Å². The zero-order valence-corrected chi connectivity index (χ0v) is 10.6. The van der Waals surface area contributed by atoms with Crippen molar-refractivity contribution in [2.24, 2.45) is 0 Å².